The molecule has 5 aliphatic carbocycles. The van der Waals surface area contributed by atoms with Gasteiger partial charge < -0.3 is 0 Å². The molecule has 26 heavy (non-hydrogen) atoms. The molecule has 6 atom stereocenters. The summed E-state index contributed by atoms with van der Waals surface area (Å²) < 4.78 is 5.31. The number of nitrogens with zero attached hydrogens (tertiary/aromatic N) is 3. The first-order valence-electron chi connectivity index (χ1n) is 10.3. The van der Waals surface area contributed by atoms with Crippen molar-refractivity contribution in [2.75, 3.05) is 0 Å². The first kappa shape index (κ1) is 13.2. The van der Waals surface area contributed by atoms with E-state index in [0.717, 1.165) is 11.8 Å². The second kappa shape index (κ2) is 3.54. The van der Waals surface area contributed by atoms with Gasteiger partial charge in [0.25, 0.3) is 0 Å². The Hall–Kier alpha value is -2.04. The van der Waals surface area contributed by atoms with Crippen molar-refractivity contribution >= 4 is 0 Å². The molecular formula is C21H21N3O2. The molecule has 5 fully saturated rings. The van der Waals surface area contributed by atoms with Crippen LogP contribution in [0.2, 0.25) is 0 Å². The fourth-order valence-electron chi connectivity index (χ4n) is 9.27. The number of hydrogen-bond acceptors (Lipinski definition) is 2. The van der Waals surface area contributed by atoms with Crippen LogP contribution in [0.1, 0.15) is 44.2 Å². The normalized spacial score (nSPS) is 50.2. The summed E-state index contributed by atoms with van der Waals surface area (Å²) in [7, 11) is 0. The van der Waals surface area contributed by atoms with Gasteiger partial charge in [-0.1, -0.05) is 37.5 Å². The van der Waals surface area contributed by atoms with Crippen molar-refractivity contribution in [2.24, 2.45) is 34.5 Å². The lowest BCUT2D eigenvalue weighted by atomic mass is 9.69. The summed E-state index contributed by atoms with van der Waals surface area (Å²) in [6, 6.07) is 10.1. The lowest BCUT2D eigenvalue weighted by Gasteiger charge is -2.48. The molecule has 2 aromatic rings. The third-order valence-electron chi connectivity index (χ3n) is 9.48. The van der Waals surface area contributed by atoms with E-state index in [1.807, 2.05) is 39.7 Å². The van der Waals surface area contributed by atoms with Crippen molar-refractivity contribution in [2.45, 2.75) is 44.2 Å². The van der Waals surface area contributed by atoms with Gasteiger partial charge in [0.2, 0.25) is 0 Å². The molecule has 7 aliphatic rings. The van der Waals surface area contributed by atoms with E-state index in [9.17, 15) is 9.59 Å². The highest BCUT2D eigenvalue weighted by molar-refractivity contribution is 5.49. The van der Waals surface area contributed by atoms with Gasteiger partial charge in [-0.2, -0.15) is 0 Å². The molecule has 3 heterocycles. The number of hydrogen-bond donors (Lipinski definition) is 0. The lowest BCUT2D eigenvalue weighted by Crippen LogP contribution is -2.52. The Morgan fingerprint density at radius 1 is 0.769 bits per heavy atom. The van der Waals surface area contributed by atoms with Crippen LogP contribution in [0.3, 0.4) is 0 Å². The Morgan fingerprint density at radius 3 is 1.92 bits per heavy atom. The standard InChI is InChI=1S/C21H21N3O2/c25-18-22(11-7-3-1-4-8-11)19(26)24-17-14-12-13(14)16(23(18)24)20-9-5-2-6-10-21(17,20)15(12)20/h1,3-4,7-8,12-17H,2,5-6,9-10H2/t12?,13-,14-,15?,16-,17-,20-,21-/m0/s1. The van der Waals surface area contributed by atoms with Crippen LogP contribution in [0, 0.1) is 34.5 Å². The fraction of sp³-hybridized carbons (Fsp3) is 0.619. The van der Waals surface area contributed by atoms with Crippen LogP contribution in [0.25, 0.3) is 5.69 Å². The Bertz CT molecular complexity index is 1060. The van der Waals surface area contributed by atoms with Crippen molar-refractivity contribution < 1.29 is 0 Å². The number of benzene rings is 1. The van der Waals surface area contributed by atoms with Crippen molar-refractivity contribution in [3.63, 3.8) is 0 Å². The van der Waals surface area contributed by atoms with Crippen LogP contribution in [0.5, 0.6) is 0 Å². The highest BCUT2D eigenvalue weighted by Gasteiger charge is 3.02. The van der Waals surface area contributed by atoms with Gasteiger partial charge in [-0.25, -0.2) is 23.5 Å². The first-order chi connectivity index (χ1) is 12.7. The molecule has 0 N–H and O–H groups in total. The zero-order valence-electron chi connectivity index (χ0n) is 14.5. The van der Waals surface area contributed by atoms with E-state index < -0.39 is 0 Å². The molecule has 9 rings (SSSR count). The van der Waals surface area contributed by atoms with Crippen LogP contribution in [-0.2, 0) is 0 Å². The average Bonchev–Trinajstić information content (AvgIpc) is 3.42. The summed E-state index contributed by atoms with van der Waals surface area (Å²) in [6.07, 6.45) is 6.52. The minimum absolute atomic E-state index is 0.0972. The third-order valence-corrected chi connectivity index (χ3v) is 9.48. The second-order valence-electron chi connectivity index (χ2n) is 9.67. The molecular weight excluding hydrogens is 326 g/mol. The lowest BCUT2D eigenvalue weighted by molar-refractivity contribution is -0.00428. The van der Waals surface area contributed by atoms with Gasteiger partial charge in [-0.3, -0.25) is 0 Å². The van der Waals surface area contributed by atoms with Crippen molar-refractivity contribution in [3.05, 3.63) is 51.3 Å². The van der Waals surface area contributed by atoms with Gasteiger partial charge in [-0.05, 0) is 48.6 Å². The predicted molar refractivity (Wildman–Crippen MR) is 94.3 cm³/mol. The molecule has 0 unspecified atom stereocenters. The molecule has 2 bridgehead atoms. The molecule has 1 aromatic carbocycles. The summed E-state index contributed by atoms with van der Waals surface area (Å²) in [4.78, 5) is 26.8. The zero-order chi connectivity index (χ0) is 17.0. The number of aromatic nitrogens is 3. The van der Waals surface area contributed by atoms with Gasteiger partial charge in [0, 0.05) is 10.8 Å². The molecule has 2 aliphatic heterocycles. The maximum atomic E-state index is 13.4. The molecule has 132 valence electrons. The second-order valence-corrected chi connectivity index (χ2v) is 9.67. The minimum atomic E-state index is -0.0972. The molecule has 0 radical (unpaired) electrons. The summed E-state index contributed by atoms with van der Waals surface area (Å²) >= 11 is 0. The maximum absolute atomic E-state index is 13.4. The van der Waals surface area contributed by atoms with Gasteiger partial charge >= 0.3 is 11.4 Å². The van der Waals surface area contributed by atoms with Crippen molar-refractivity contribution in [3.8, 4) is 5.69 Å². The molecule has 0 amide bonds. The zero-order valence-corrected chi connectivity index (χ0v) is 14.5. The SMILES string of the molecule is O=c1n(-c2ccccc2)c(=O)n2n1[C@H]1[C@H]3C4C5[C@@]16CCCCC[C@@]56[C@@H]2[C@@H]43. The Morgan fingerprint density at radius 2 is 1.35 bits per heavy atom. The summed E-state index contributed by atoms with van der Waals surface area (Å²) in [5, 5.41) is 0. The maximum Gasteiger partial charge on any atom is 0.352 e. The van der Waals surface area contributed by atoms with E-state index in [0.29, 0.717) is 40.4 Å². The quantitative estimate of drug-likeness (QED) is 0.795. The number of rotatable bonds is 1. The first-order valence-corrected chi connectivity index (χ1v) is 10.3. The summed E-state index contributed by atoms with van der Waals surface area (Å²) in [5.41, 5.74) is 1.23. The number of para-hydroxylation sites is 1. The van der Waals surface area contributed by atoms with Gasteiger partial charge in [0.1, 0.15) is 0 Å². The predicted octanol–water partition coefficient (Wildman–Crippen LogP) is 2.35. The Balaban J connectivity index is 1.45. The van der Waals surface area contributed by atoms with E-state index in [1.165, 1.54) is 36.7 Å². The molecule has 5 nitrogen and oxygen atoms in total. The van der Waals surface area contributed by atoms with Crippen LogP contribution < -0.4 is 11.4 Å². The van der Waals surface area contributed by atoms with E-state index >= 15 is 0 Å². The van der Waals surface area contributed by atoms with Gasteiger partial charge in [-0.15, -0.1) is 0 Å². The van der Waals surface area contributed by atoms with Crippen LogP contribution >= 0.6 is 0 Å². The largest absolute Gasteiger partial charge is 0.352 e. The topological polar surface area (TPSA) is 48.9 Å². The van der Waals surface area contributed by atoms with Crippen LogP contribution in [0.15, 0.2) is 39.9 Å². The highest BCUT2D eigenvalue weighted by Crippen LogP contribution is 3.04. The molecule has 0 saturated heterocycles. The minimum Gasteiger partial charge on any atom is -0.245 e. The van der Waals surface area contributed by atoms with Crippen LogP contribution in [-0.4, -0.2) is 13.9 Å². The van der Waals surface area contributed by atoms with Gasteiger partial charge in [0.15, 0.2) is 0 Å². The monoisotopic (exact) mass is 347 g/mol. The average molecular weight is 347 g/mol. The van der Waals surface area contributed by atoms with E-state index in [4.69, 9.17) is 0 Å². The molecule has 5 heteroatoms. The summed E-state index contributed by atoms with van der Waals surface area (Å²) in [5.74, 6) is 3.01. The molecule has 1 aromatic heterocycles. The molecule has 2 spiro atoms. The third kappa shape index (κ3) is 0.946. The Kier molecular flexibility index (Phi) is 1.79. The van der Waals surface area contributed by atoms with E-state index in [-0.39, 0.29) is 11.4 Å². The molecule has 5 saturated carbocycles. The Labute approximate surface area is 150 Å². The van der Waals surface area contributed by atoms with Crippen molar-refractivity contribution in [1.82, 2.24) is 13.9 Å². The highest BCUT2D eigenvalue weighted by atomic mass is 16.2. The van der Waals surface area contributed by atoms with Gasteiger partial charge in [0.05, 0.1) is 17.8 Å². The summed E-state index contributed by atoms with van der Waals surface area (Å²) in [6.45, 7) is 0. The fourth-order valence-corrected chi connectivity index (χ4v) is 9.27. The van der Waals surface area contributed by atoms with Crippen LogP contribution in [0.4, 0.5) is 0 Å². The van der Waals surface area contributed by atoms with E-state index in [2.05, 4.69) is 0 Å². The van der Waals surface area contributed by atoms with Crippen molar-refractivity contribution in [1.29, 1.82) is 0 Å². The smallest absolute Gasteiger partial charge is 0.245 e. The van der Waals surface area contributed by atoms with E-state index in [1.54, 1.807) is 0 Å².